The number of aliphatic imine (C=N–C) groups is 1. The van der Waals surface area contributed by atoms with Gasteiger partial charge in [-0.3, -0.25) is 14.6 Å². The zero-order valence-corrected chi connectivity index (χ0v) is 13.5. The van der Waals surface area contributed by atoms with E-state index in [0.29, 0.717) is 11.2 Å². The van der Waals surface area contributed by atoms with Crippen LogP contribution in [-0.4, -0.2) is 28.3 Å². The minimum Gasteiger partial charge on any atom is -0.326 e. The lowest BCUT2D eigenvalue weighted by atomic mass is 10.2. The fourth-order valence-electron chi connectivity index (χ4n) is 1.88. The quantitative estimate of drug-likeness (QED) is 0.858. The number of nitrogens with one attached hydrogen (secondary N) is 2. The number of benzene rings is 1. The maximum Gasteiger partial charge on any atom is 0.240 e. The normalized spacial score (nSPS) is 23.2. The average molecular weight is 368 g/mol. The van der Waals surface area contributed by atoms with Crippen LogP contribution in [0, 0.1) is 0 Å². The van der Waals surface area contributed by atoms with E-state index in [1.54, 1.807) is 0 Å². The molecule has 5 nitrogen and oxygen atoms in total. The van der Waals surface area contributed by atoms with Crippen molar-refractivity contribution in [2.24, 2.45) is 4.99 Å². The van der Waals surface area contributed by atoms with E-state index in [9.17, 15) is 9.59 Å². The van der Waals surface area contributed by atoms with Crippen LogP contribution >= 0.6 is 27.7 Å². The summed E-state index contributed by atoms with van der Waals surface area (Å²) in [5, 5.41) is 5.80. The first-order valence-corrected chi connectivity index (χ1v) is 8.38. The fraction of sp³-hybridized carbons (Fsp3) is 0.357. The molecule has 0 radical (unpaired) electrons. The molecule has 1 atom stereocenters. The van der Waals surface area contributed by atoms with Gasteiger partial charge in [0.1, 0.15) is 5.25 Å². The van der Waals surface area contributed by atoms with Crippen molar-refractivity contribution in [2.75, 3.05) is 5.32 Å². The molecule has 1 saturated carbocycles. The fourth-order valence-corrected chi connectivity index (χ4v) is 3.19. The maximum atomic E-state index is 12.0. The third kappa shape index (κ3) is 4.07. The summed E-state index contributed by atoms with van der Waals surface area (Å²) in [5.74, 6) is -0.303. The number of halogens is 1. The first kappa shape index (κ1) is 14.6. The van der Waals surface area contributed by atoms with Crippen LogP contribution in [0.4, 0.5) is 5.69 Å². The number of anilines is 1. The van der Waals surface area contributed by atoms with Gasteiger partial charge in [0.2, 0.25) is 11.8 Å². The summed E-state index contributed by atoms with van der Waals surface area (Å²) >= 11 is 4.69. The summed E-state index contributed by atoms with van der Waals surface area (Å²) in [4.78, 5) is 28.2. The van der Waals surface area contributed by atoms with Gasteiger partial charge in [-0.2, -0.15) is 0 Å². The Kier molecular flexibility index (Phi) is 4.30. The van der Waals surface area contributed by atoms with Crippen LogP contribution < -0.4 is 10.6 Å². The molecule has 110 valence electrons. The Morgan fingerprint density at radius 1 is 1.38 bits per heavy atom. The molecule has 1 unspecified atom stereocenters. The van der Waals surface area contributed by atoms with Gasteiger partial charge in [0.15, 0.2) is 5.17 Å². The highest BCUT2D eigenvalue weighted by atomic mass is 79.9. The lowest BCUT2D eigenvalue weighted by Crippen LogP contribution is -2.28. The van der Waals surface area contributed by atoms with Gasteiger partial charge in [-0.1, -0.05) is 27.7 Å². The van der Waals surface area contributed by atoms with Crippen LogP contribution in [0.2, 0.25) is 0 Å². The van der Waals surface area contributed by atoms with Gasteiger partial charge in [-0.05, 0) is 37.1 Å². The van der Waals surface area contributed by atoms with Crippen molar-refractivity contribution < 1.29 is 9.59 Å². The SMILES string of the molecule is O=C(CC1SC(=NC2CC2)NC1=O)Nc1ccc(Br)cc1. The Morgan fingerprint density at radius 3 is 2.76 bits per heavy atom. The number of amides is 2. The topological polar surface area (TPSA) is 70.6 Å². The Bertz CT molecular complexity index is 599. The van der Waals surface area contributed by atoms with E-state index in [1.807, 2.05) is 24.3 Å². The number of nitrogens with zero attached hydrogens (tertiary/aromatic N) is 1. The molecule has 0 aromatic heterocycles. The molecule has 7 heteroatoms. The molecule has 1 aromatic rings. The summed E-state index contributed by atoms with van der Waals surface area (Å²) in [6.45, 7) is 0. The number of carbonyl (C=O) groups excluding carboxylic acids is 2. The van der Waals surface area contributed by atoms with Crippen molar-refractivity contribution in [3.8, 4) is 0 Å². The van der Waals surface area contributed by atoms with Crippen molar-refractivity contribution >= 4 is 50.4 Å². The molecule has 2 aliphatic rings. The van der Waals surface area contributed by atoms with Crippen molar-refractivity contribution in [1.29, 1.82) is 0 Å². The van der Waals surface area contributed by atoms with E-state index >= 15 is 0 Å². The van der Waals surface area contributed by atoms with E-state index < -0.39 is 5.25 Å². The highest BCUT2D eigenvalue weighted by Crippen LogP contribution is 2.29. The van der Waals surface area contributed by atoms with Crippen molar-refractivity contribution in [3.63, 3.8) is 0 Å². The monoisotopic (exact) mass is 367 g/mol. The number of rotatable bonds is 4. The predicted octanol–water partition coefficient (Wildman–Crippen LogP) is 2.53. The molecule has 0 spiro atoms. The molecule has 1 aliphatic carbocycles. The highest BCUT2D eigenvalue weighted by Gasteiger charge is 2.33. The van der Waals surface area contributed by atoms with Crippen LogP contribution in [0.25, 0.3) is 0 Å². The van der Waals surface area contributed by atoms with Crippen molar-refractivity contribution in [1.82, 2.24) is 5.32 Å². The number of amidine groups is 1. The Labute approximate surface area is 135 Å². The summed E-state index contributed by atoms with van der Waals surface area (Å²) in [6, 6.07) is 7.69. The van der Waals surface area contributed by atoms with E-state index in [0.717, 1.165) is 23.0 Å². The van der Waals surface area contributed by atoms with Crippen LogP contribution in [0.3, 0.4) is 0 Å². The van der Waals surface area contributed by atoms with E-state index in [-0.39, 0.29) is 18.2 Å². The van der Waals surface area contributed by atoms with Crippen molar-refractivity contribution in [3.05, 3.63) is 28.7 Å². The summed E-state index contributed by atoms with van der Waals surface area (Å²) < 4.78 is 0.951. The zero-order chi connectivity index (χ0) is 14.8. The number of carbonyl (C=O) groups is 2. The Balaban J connectivity index is 1.54. The molecule has 1 aromatic carbocycles. The average Bonchev–Trinajstić information content (AvgIpc) is 3.18. The number of hydrogen-bond donors (Lipinski definition) is 2. The van der Waals surface area contributed by atoms with E-state index in [1.165, 1.54) is 11.8 Å². The summed E-state index contributed by atoms with van der Waals surface area (Å²) in [7, 11) is 0. The molecule has 1 aliphatic heterocycles. The largest absolute Gasteiger partial charge is 0.326 e. The molecule has 3 rings (SSSR count). The molecular formula is C14H14BrN3O2S. The zero-order valence-electron chi connectivity index (χ0n) is 11.1. The van der Waals surface area contributed by atoms with Gasteiger partial charge < -0.3 is 10.6 Å². The first-order chi connectivity index (χ1) is 10.1. The number of thioether (sulfide) groups is 1. The molecule has 1 heterocycles. The lowest BCUT2D eigenvalue weighted by Gasteiger charge is -2.07. The van der Waals surface area contributed by atoms with Crippen LogP contribution in [0.1, 0.15) is 19.3 Å². The van der Waals surface area contributed by atoms with Gasteiger partial charge in [0.05, 0.1) is 6.04 Å². The molecule has 21 heavy (non-hydrogen) atoms. The smallest absolute Gasteiger partial charge is 0.240 e. The maximum absolute atomic E-state index is 12.0. The Morgan fingerprint density at radius 2 is 2.10 bits per heavy atom. The van der Waals surface area contributed by atoms with Crippen molar-refractivity contribution in [2.45, 2.75) is 30.6 Å². The highest BCUT2D eigenvalue weighted by molar-refractivity contribution is 9.10. The molecule has 0 bridgehead atoms. The van der Waals surface area contributed by atoms with Crippen LogP contribution in [0.15, 0.2) is 33.7 Å². The third-order valence-electron chi connectivity index (χ3n) is 3.12. The Hall–Kier alpha value is -1.34. The predicted molar refractivity (Wildman–Crippen MR) is 87.4 cm³/mol. The second-order valence-electron chi connectivity index (χ2n) is 5.02. The lowest BCUT2D eigenvalue weighted by molar-refractivity contribution is -0.122. The first-order valence-electron chi connectivity index (χ1n) is 6.71. The molecular weight excluding hydrogens is 354 g/mol. The van der Waals surface area contributed by atoms with Gasteiger partial charge in [0.25, 0.3) is 0 Å². The van der Waals surface area contributed by atoms with E-state index in [4.69, 9.17) is 0 Å². The van der Waals surface area contributed by atoms with Gasteiger partial charge in [-0.25, -0.2) is 0 Å². The van der Waals surface area contributed by atoms with E-state index in [2.05, 4.69) is 31.6 Å². The second kappa shape index (κ2) is 6.19. The molecule has 2 fully saturated rings. The number of hydrogen-bond acceptors (Lipinski definition) is 4. The molecule has 2 N–H and O–H groups in total. The summed E-state index contributed by atoms with van der Waals surface area (Å²) in [5.41, 5.74) is 0.721. The van der Waals surface area contributed by atoms with Gasteiger partial charge in [0, 0.05) is 16.6 Å². The third-order valence-corrected chi connectivity index (χ3v) is 4.75. The minimum atomic E-state index is -0.391. The standard InChI is InChI=1S/C14H14BrN3O2S/c15-8-1-3-9(4-2-8)16-12(19)7-11-13(20)18-14(21-11)17-10-5-6-10/h1-4,10-11H,5-7H2,(H,16,19)(H,17,18,20). The van der Waals surface area contributed by atoms with Gasteiger partial charge in [-0.15, -0.1) is 0 Å². The van der Waals surface area contributed by atoms with Crippen LogP contribution in [0.5, 0.6) is 0 Å². The minimum absolute atomic E-state index is 0.134. The molecule has 1 saturated heterocycles. The summed E-state index contributed by atoms with van der Waals surface area (Å²) in [6.07, 6.45) is 2.33. The second-order valence-corrected chi connectivity index (χ2v) is 7.13. The van der Waals surface area contributed by atoms with Crippen LogP contribution in [-0.2, 0) is 9.59 Å². The molecule has 2 amide bonds. The van der Waals surface area contributed by atoms with Gasteiger partial charge >= 0.3 is 0 Å².